The van der Waals surface area contributed by atoms with Crippen molar-refractivity contribution in [2.24, 2.45) is 17.6 Å². The molecule has 0 bridgehead atoms. The molecule has 0 aliphatic heterocycles. The highest BCUT2D eigenvalue weighted by molar-refractivity contribution is 7.93. The lowest BCUT2D eigenvalue weighted by Crippen LogP contribution is -2.55. The van der Waals surface area contributed by atoms with E-state index in [4.69, 9.17) is 23.1 Å². The number of nitrogens with zero attached hydrogens (tertiary/aromatic N) is 1. The van der Waals surface area contributed by atoms with E-state index in [1.165, 1.54) is 48.5 Å². The normalized spacial score (nSPS) is 12.9. The molecule has 0 spiro atoms. The standard InChI is InChI=1S/C33H38N6O5S3.C26H28N2O5S.C5H11NO2/c1-20(2)27(30(42)36-31-37-38-32(45)46-31)35-29(41)26(19-21-9-7-6-8-10-21)34-28(40)22-11-15-24(16-12-22)39-47(43,44)25-17-13-23(14-18-25)33(3,4)5;1-26(2,3)20-11-15-22(16-12-20)34(32,33)28-21-13-9-19(10-14-21)24(29)27-23(25(30)31)17-18-7-5-4-6-8-18;1-3(2)4(6)5(7)8/h6-18,20,26-27,39H,19H2,1-5H3,(H,34,40)(H,35,41)(H,38,45)(H,36,37,42);4-16,23,28H,17H2,1-3H3,(H,27,29)(H,30,31);3-4H,6H2,1-2H3,(H,7,8)/t26-,27-;23-;4-/m000/s1. The molecule has 4 amide bonds. The molecule has 0 aliphatic carbocycles. The number of carbonyl (C=O) groups is 6. The average Bonchev–Trinajstić information content (AvgIpc) is 2.03. The Labute approximate surface area is 528 Å². The number of carboxylic acids is 2. The third-order valence-corrected chi connectivity index (χ3v) is 17.4. The van der Waals surface area contributed by atoms with Crippen molar-refractivity contribution in [3.8, 4) is 0 Å². The van der Waals surface area contributed by atoms with Crippen LogP contribution in [0.3, 0.4) is 0 Å². The average molecular weight is 1290 g/mol. The summed E-state index contributed by atoms with van der Waals surface area (Å²) in [4.78, 5) is 74.4. The Kier molecular flexibility index (Phi) is 25.2. The van der Waals surface area contributed by atoms with E-state index in [-0.39, 0.29) is 72.9 Å². The molecule has 25 heteroatoms. The lowest BCUT2D eigenvalue weighted by molar-refractivity contribution is -0.140. The first-order valence-electron chi connectivity index (χ1n) is 28.2. The molecule has 11 N–H and O–H groups in total. The number of nitrogens with one attached hydrogen (secondary N) is 7. The molecule has 474 valence electrons. The highest BCUT2D eigenvalue weighted by Crippen LogP contribution is 2.27. The number of anilines is 3. The lowest BCUT2D eigenvalue weighted by atomic mass is 9.87. The van der Waals surface area contributed by atoms with Crippen LogP contribution in [-0.2, 0) is 62.9 Å². The molecule has 0 aliphatic rings. The van der Waals surface area contributed by atoms with Crippen molar-refractivity contribution in [1.82, 2.24) is 26.1 Å². The van der Waals surface area contributed by atoms with Crippen molar-refractivity contribution in [2.75, 3.05) is 14.8 Å². The van der Waals surface area contributed by atoms with Gasteiger partial charge in [-0.05, 0) is 130 Å². The van der Waals surface area contributed by atoms with Crippen molar-refractivity contribution in [1.29, 1.82) is 0 Å². The molecule has 7 rings (SSSR count). The predicted molar refractivity (Wildman–Crippen MR) is 348 cm³/mol. The summed E-state index contributed by atoms with van der Waals surface area (Å²) in [5.41, 5.74) is 9.56. The summed E-state index contributed by atoms with van der Waals surface area (Å²) < 4.78 is 56.9. The summed E-state index contributed by atoms with van der Waals surface area (Å²) in [6.07, 6.45) is 0.311. The molecule has 0 radical (unpaired) electrons. The zero-order chi connectivity index (χ0) is 66.0. The van der Waals surface area contributed by atoms with Gasteiger partial charge in [0.2, 0.25) is 16.9 Å². The van der Waals surface area contributed by atoms with Crippen LogP contribution in [0, 0.1) is 15.8 Å². The number of hydrogen-bond donors (Lipinski definition) is 10. The minimum atomic E-state index is -3.86. The minimum absolute atomic E-state index is 0.0208. The van der Waals surface area contributed by atoms with Crippen LogP contribution in [0.4, 0.5) is 16.5 Å². The van der Waals surface area contributed by atoms with Crippen LogP contribution in [0.2, 0.25) is 0 Å². The van der Waals surface area contributed by atoms with Crippen LogP contribution >= 0.6 is 23.6 Å². The van der Waals surface area contributed by atoms with Gasteiger partial charge in [0.05, 0.1) is 9.79 Å². The second kappa shape index (κ2) is 31.5. The number of aliphatic carboxylic acids is 2. The zero-order valence-electron chi connectivity index (χ0n) is 51.0. The van der Waals surface area contributed by atoms with Crippen LogP contribution in [-0.4, -0.2) is 97.0 Å². The number of rotatable bonds is 22. The van der Waals surface area contributed by atoms with Gasteiger partial charge in [-0.2, -0.15) is 0 Å². The van der Waals surface area contributed by atoms with Crippen LogP contribution < -0.4 is 36.4 Å². The summed E-state index contributed by atoms with van der Waals surface area (Å²) >= 11 is 6.11. The molecule has 0 unspecified atom stereocenters. The molecule has 0 fully saturated rings. The summed E-state index contributed by atoms with van der Waals surface area (Å²) in [5.74, 6) is -4.46. The number of H-pyrrole nitrogens is 1. The Bertz CT molecular complexity index is 3810. The summed E-state index contributed by atoms with van der Waals surface area (Å²) in [7, 11) is -7.67. The minimum Gasteiger partial charge on any atom is -0.480 e. The molecule has 1 aromatic heterocycles. The quantitative estimate of drug-likeness (QED) is 0.0282. The maximum absolute atomic E-state index is 13.6. The first-order valence-corrected chi connectivity index (χ1v) is 32.4. The van der Waals surface area contributed by atoms with Crippen molar-refractivity contribution in [3.05, 3.63) is 195 Å². The SMILES string of the molecule is CC(C)(C)c1ccc(S(=O)(=O)Nc2ccc(C(=O)N[C@@H](Cc3ccccc3)C(=O)O)cc2)cc1.CC(C)[C@H](N)C(=O)O.CC(C)[C@H](NC(=O)[C@H](Cc1ccccc1)NC(=O)c1ccc(NS(=O)(=O)c2ccc(C(C)(C)C)cc2)cc1)C(=O)Nc1n[nH]c(=S)s1. The van der Waals surface area contributed by atoms with Crippen molar-refractivity contribution in [3.63, 3.8) is 0 Å². The Morgan fingerprint density at radius 3 is 1.26 bits per heavy atom. The highest BCUT2D eigenvalue weighted by atomic mass is 32.2. The van der Waals surface area contributed by atoms with Gasteiger partial charge in [0.1, 0.15) is 24.2 Å². The van der Waals surface area contributed by atoms with E-state index in [0.29, 0.717) is 3.95 Å². The molecule has 4 atom stereocenters. The molecule has 0 saturated carbocycles. The van der Waals surface area contributed by atoms with E-state index in [2.05, 4.69) is 40.9 Å². The second-order valence-electron chi connectivity index (χ2n) is 23.4. The van der Waals surface area contributed by atoms with Crippen LogP contribution in [0.25, 0.3) is 0 Å². The number of hydrogen-bond acceptors (Lipinski definition) is 14. The molecule has 0 saturated heterocycles. The maximum atomic E-state index is 13.6. The number of carboxylic acid groups (broad SMARTS) is 2. The fourth-order valence-corrected chi connectivity index (χ4v) is 11.1. The Morgan fingerprint density at radius 2 is 0.933 bits per heavy atom. The summed E-state index contributed by atoms with van der Waals surface area (Å²) in [6, 6.07) is 39.5. The molecule has 7 aromatic rings. The van der Waals surface area contributed by atoms with E-state index in [1.54, 1.807) is 100 Å². The van der Waals surface area contributed by atoms with Gasteiger partial charge in [0, 0.05) is 35.3 Å². The van der Waals surface area contributed by atoms with E-state index in [0.717, 1.165) is 33.6 Å². The van der Waals surface area contributed by atoms with Crippen molar-refractivity contribution < 1.29 is 55.8 Å². The number of aromatic nitrogens is 2. The Hall–Kier alpha value is -8.62. The van der Waals surface area contributed by atoms with Crippen LogP contribution in [0.1, 0.15) is 112 Å². The topological polar surface area (TPSA) is 338 Å². The van der Waals surface area contributed by atoms with Gasteiger partial charge in [0.25, 0.3) is 31.9 Å². The maximum Gasteiger partial charge on any atom is 0.326 e. The van der Waals surface area contributed by atoms with E-state index in [9.17, 15) is 50.7 Å². The van der Waals surface area contributed by atoms with Crippen LogP contribution in [0.15, 0.2) is 168 Å². The Balaban J connectivity index is 0.000000299. The third-order valence-electron chi connectivity index (χ3n) is 13.6. The number of nitrogens with two attached hydrogens (primary N) is 1. The molecule has 6 aromatic carbocycles. The molecule has 1 heterocycles. The van der Waals surface area contributed by atoms with Gasteiger partial charge < -0.3 is 31.9 Å². The number of aromatic amines is 1. The molecular weight excluding hydrogens is 1220 g/mol. The summed E-state index contributed by atoms with van der Waals surface area (Å²) in [5, 5.41) is 35.3. The highest BCUT2D eigenvalue weighted by Gasteiger charge is 2.31. The van der Waals surface area contributed by atoms with Gasteiger partial charge in [0.15, 0.2) is 3.95 Å². The van der Waals surface area contributed by atoms with Crippen LogP contribution in [0.5, 0.6) is 0 Å². The predicted octanol–water partition coefficient (Wildman–Crippen LogP) is 9.68. The zero-order valence-corrected chi connectivity index (χ0v) is 54.3. The number of sulfonamides is 2. The van der Waals surface area contributed by atoms with Gasteiger partial charge >= 0.3 is 11.9 Å². The second-order valence-corrected chi connectivity index (χ2v) is 28.5. The Morgan fingerprint density at radius 1 is 0.539 bits per heavy atom. The number of benzene rings is 6. The molecule has 89 heavy (non-hydrogen) atoms. The van der Waals surface area contributed by atoms with Gasteiger partial charge in [-0.15, -0.1) is 5.10 Å². The van der Waals surface area contributed by atoms with E-state index >= 15 is 0 Å². The van der Waals surface area contributed by atoms with E-state index < -0.39 is 79.8 Å². The van der Waals surface area contributed by atoms with Crippen molar-refractivity contribution in [2.45, 2.75) is 127 Å². The fraction of sp³-hybridized carbons (Fsp3) is 0.312. The van der Waals surface area contributed by atoms with E-state index in [1.807, 2.05) is 77.9 Å². The number of amides is 4. The lowest BCUT2D eigenvalue weighted by Gasteiger charge is -2.25. The van der Waals surface area contributed by atoms with Gasteiger partial charge in [-0.25, -0.2) is 21.6 Å². The van der Waals surface area contributed by atoms with Gasteiger partial charge in [-0.3, -0.25) is 43.8 Å². The van der Waals surface area contributed by atoms with Crippen molar-refractivity contribution >= 4 is 95.7 Å². The molecular formula is C64H77N9O12S4. The summed E-state index contributed by atoms with van der Waals surface area (Å²) in [6.45, 7) is 19.4. The smallest absolute Gasteiger partial charge is 0.326 e. The number of carbonyl (C=O) groups excluding carboxylic acids is 4. The monoisotopic (exact) mass is 1290 g/mol. The first-order chi connectivity index (χ1) is 41.6. The fourth-order valence-electron chi connectivity index (χ4n) is 8.21. The van der Waals surface area contributed by atoms with Gasteiger partial charge in [-0.1, -0.05) is 166 Å². The first kappa shape index (κ1) is 71.1. The molecule has 21 nitrogen and oxygen atoms in total. The third kappa shape index (κ3) is 22.2. The largest absolute Gasteiger partial charge is 0.480 e.